The Labute approximate surface area is 185 Å². The van der Waals surface area contributed by atoms with Crippen LogP contribution in [0.15, 0.2) is 89.8 Å². The third-order valence-electron chi connectivity index (χ3n) is 4.83. The molecule has 0 aliphatic carbocycles. The van der Waals surface area contributed by atoms with Crippen LogP contribution in [0.1, 0.15) is 27.2 Å². The van der Waals surface area contributed by atoms with Crippen LogP contribution in [-0.2, 0) is 19.6 Å². The van der Waals surface area contributed by atoms with Crippen LogP contribution < -0.4 is 16.0 Å². The first-order valence-electron chi connectivity index (χ1n) is 10.2. The van der Waals surface area contributed by atoms with Gasteiger partial charge in [0.15, 0.2) is 5.76 Å². The van der Waals surface area contributed by atoms with Crippen molar-refractivity contribution in [3.63, 3.8) is 0 Å². The Bertz CT molecular complexity index is 1170. The van der Waals surface area contributed by atoms with Crippen molar-refractivity contribution < 1.29 is 14.0 Å². The lowest BCUT2D eigenvalue weighted by molar-refractivity contribution is 0.0996. The predicted molar refractivity (Wildman–Crippen MR) is 120 cm³/mol. The van der Waals surface area contributed by atoms with Crippen molar-refractivity contribution >= 4 is 17.6 Å². The number of carbonyl (C=O) groups excluding carboxylic acids is 2. The lowest BCUT2D eigenvalue weighted by Crippen LogP contribution is -2.34. The molecule has 32 heavy (non-hydrogen) atoms. The summed E-state index contributed by atoms with van der Waals surface area (Å²) < 4.78 is 6.94. The monoisotopic (exact) mass is 429 g/mol. The van der Waals surface area contributed by atoms with Gasteiger partial charge in [-0.2, -0.15) is 5.10 Å². The van der Waals surface area contributed by atoms with E-state index in [-0.39, 0.29) is 17.7 Å². The second-order valence-corrected chi connectivity index (χ2v) is 7.14. The van der Waals surface area contributed by atoms with E-state index in [4.69, 9.17) is 4.42 Å². The molecule has 0 aliphatic rings. The Hall–Kier alpha value is -4.33. The molecular formula is C24H23N5O3. The molecule has 8 heteroatoms. The van der Waals surface area contributed by atoms with Gasteiger partial charge in [0, 0.05) is 31.2 Å². The minimum atomic E-state index is -0.327. The molecule has 0 saturated carbocycles. The molecule has 0 fully saturated rings. The number of rotatable bonds is 8. The third kappa shape index (κ3) is 5.63. The van der Waals surface area contributed by atoms with Gasteiger partial charge in [-0.15, -0.1) is 0 Å². The maximum atomic E-state index is 12.3. The summed E-state index contributed by atoms with van der Waals surface area (Å²) in [6.07, 6.45) is 5.09. The van der Waals surface area contributed by atoms with Gasteiger partial charge in [0.05, 0.1) is 12.8 Å². The van der Waals surface area contributed by atoms with Gasteiger partial charge in [-0.25, -0.2) is 4.79 Å². The maximum absolute atomic E-state index is 12.3. The van der Waals surface area contributed by atoms with Gasteiger partial charge in [-0.3, -0.25) is 9.48 Å². The van der Waals surface area contributed by atoms with Crippen LogP contribution in [0.4, 0.5) is 10.5 Å². The largest absolute Gasteiger partial charge is 0.459 e. The quantitative estimate of drug-likeness (QED) is 0.397. The number of hydrogen-bond donors (Lipinski definition) is 3. The molecule has 0 spiro atoms. The van der Waals surface area contributed by atoms with Crippen molar-refractivity contribution in [3.8, 4) is 0 Å². The van der Waals surface area contributed by atoms with Gasteiger partial charge in [-0.05, 0) is 47.0 Å². The molecule has 4 aromatic rings. The fourth-order valence-electron chi connectivity index (χ4n) is 3.23. The molecule has 162 valence electrons. The highest BCUT2D eigenvalue weighted by molar-refractivity contribution is 6.02. The highest BCUT2D eigenvalue weighted by Gasteiger charge is 2.09. The minimum Gasteiger partial charge on any atom is -0.459 e. The number of aromatic nitrogens is 2. The van der Waals surface area contributed by atoms with Crippen LogP contribution in [-0.4, -0.2) is 21.7 Å². The summed E-state index contributed by atoms with van der Waals surface area (Å²) in [5.74, 6) is -0.0904. The van der Waals surface area contributed by atoms with Crippen LogP contribution in [0.3, 0.4) is 0 Å². The molecule has 2 aromatic heterocycles. The summed E-state index contributed by atoms with van der Waals surface area (Å²) in [7, 11) is 0. The fourth-order valence-corrected chi connectivity index (χ4v) is 3.23. The second kappa shape index (κ2) is 10.1. The van der Waals surface area contributed by atoms with Gasteiger partial charge >= 0.3 is 6.03 Å². The van der Waals surface area contributed by atoms with E-state index in [2.05, 4.69) is 21.0 Å². The first-order valence-corrected chi connectivity index (χ1v) is 10.2. The lowest BCUT2D eigenvalue weighted by Gasteiger charge is -2.12. The van der Waals surface area contributed by atoms with Crippen molar-refractivity contribution in [1.29, 1.82) is 0 Å². The number of urea groups is 1. The molecule has 2 heterocycles. The van der Waals surface area contributed by atoms with Crippen LogP contribution in [0.25, 0.3) is 0 Å². The van der Waals surface area contributed by atoms with Crippen molar-refractivity contribution in [2.24, 2.45) is 0 Å². The molecule has 8 nitrogen and oxygen atoms in total. The summed E-state index contributed by atoms with van der Waals surface area (Å²) in [6.45, 7) is 1.37. The SMILES string of the molecule is O=C(NCc1cccc(NC(=O)c2ccco2)c1)NCc1ccccc1Cn1cccn1. The minimum absolute atomic E-state index is 0.237. The van der Waals surface area contributed by atoms with Crippen LogP contribution in [0.5, 0.6) is 0 Å². The summed E-state index contributed by atoms with van der Waals surface area (Å²) in [5, 5.41) is 12.7. The van der Waals surface area contributed by atoms with Gasteiger partial charge in [0.2, 0.25) is 0 Å². The summed E-state index contributed by atoms with van der Waals surface area (Å²) in [4.78, 5) is 24.4. The average molecular weight is 429 g/mol. The maximum Gasteiger partial charge on any atom is 0.315 e. The number of amides is 3. The Morgan fingerprint density at radius 2 is 1.75 bits per heavy atom. The lowest BCUT2D eigenvalue weighted by atomic mass is 10.1. The topological polar surface area (TPSA) is 101 Å². The third-order valence-corrected chi connectivity index (χ3v) is 4.83. The van der Waals surface area contributed by atoms with Gasteiger partial charge in [0.1, 0.15) is 0 Å². The smallest absolute Gasteiger partial charge is 0.315 e. The number of benzene rings is 2. The molecule has 2 aromatic carbocycles. The number of nitrogens with one attached hydrogen (secondary N) is 3. The summed E-state index contributed by atoms with van der Waals surface area (Å²) in [6, 6.07) is 20.1. The Kier molecular flexibility index (Phi) is 6.62. The Morgan fingerprint density at radius 1 is 0.906 bits per heavy atom. The van der Waals surface area contributed by atoms with Crippen molar-refractivity contribution in [3.05, 3.63) is 108 Å². The first-order chi connectivity index (χ1) is 15.7. The standard InChI is InChI=1S/C24H23N5O3/c30-23(22-10-4-13-32-22)28-21-9-3-6-18(14-21)15-25-24(31)26-16-19-7-1-2-8-20(19)17-29-12-5-11-27-29/h1-14H,15-17H2,(H,28,30)(H2,25,26,31). The number of nitrogens with zero attached hydrogens (tertiary/aromatic N) is 2. The van der Waals surface area contributed by atoms with E-state index in [1.807, 2.05) is 53.3 Å². The fraction of sp³-hybridized carbons (Fsp3) is 0.125. The van der Waals surface area contributed by atoms with E-state index in [1.54, 1.807) is 30.5 Å². The highest BCUT2D eigenvalue weighted by atomic mass is 16.3. The summed E-state index contributed by atoms with van der Waals surface area (Å²) >= 11 is 0. The molecule has 0 atom stereocenters. The van der Waals surface area contributed by atoms with E-state index >= 15 is 0 Å². The molecule has 0 aliphatic heterocycles. The summed E-state index contributed by atoms with van der Waals surface area (Å²) in [5.41, 5.74) is 3.60. The normalized spacial score (nSPS) is 10.5. The van der Waals surface area contributed by atoms with Crippen LogP contribution in [0, 0.1) is 0 Å². The molecule has 3 amide bonds. The van der Waals surface area contributed by atoms with Gasteiger partial charge < -0.3 is 20.4 Å². The molecule has 0 saturated heterocycles. The molecule has 0 unspecified atom stereocenters. The zero-order valence-electron chi connectivity index (χ0n) is 17.3. The molecule has 0 radical (unpaired) electrons. The predicted octanol–water partition coefficient (Wildman–Crippen LogP) is 3.78. The number of carbonyl (C=O) groups is 2. The van der Waals surface area contributed by atoms with E-state index in [1.165, 1.54) is 6.26 Å². The van der Waals surface area contributed by atoms with Gasteiger partial charge in [-0.1, -0.05) is 36.4 Å². The Morgan fingerprint density at radius 3 is 2.53 bits per heavy atom. The molecular weight excluding hydrogens is 406 g/mol. The average Bonchev–Trinajstić information content (AvgIpc) is 3.52. The van der Waals surface area contributed by atoms with E-state index in [9.17, 15) is 9.59 Å². The number of hydrogen-bond acceptors (Lipinski definition) is 4. The highest BCUT2D eigenvalue weighted by Crippen LogP contribution is 2.13. The molecule has 4 rings (SSSR count). The van der Waals surface area contributed by atoms with Crippen molar-refractivity contribution in [1.82, 2.24) is 20.4 Å². The van der Waals surface area contributed by atoms with Crippen LogP contribution in [0.2, 0.25) is 0 Å². The molecule has 3 N–H and O–H groups in total. The van der Waals surface area contributed by atoms with Crippen molar-refractivity contribution in [2.45, 2.75) is 19.6 Å². The second-order valence-electron chi connectivity index (χ2n) is 7.14. The van der Waals surface area contributed by atoms with E-state index < -0.39 is 0 Å². The van der Waals surface area contributed by atoms with Crippen molar-refractivity contribution in [2.75, 3.05) is 5.32 Å². The number of anilines is 1. The Balaban J connectivity index is 1.28. The zero-order valence-corrected chi connectivity index (χ0v) is 17.3. The van der Waals surface area contributed by atoms with E-state index in [0.717, 1.165) is 16.7 Å². The van der Waals surface area contributed by atoms with Gasteiger partial charge in [0.25, 0.3) is 5.91 Å². The molecule has 0 bridgehead atoms. The van der Waals surface area contributed by atoms with Crippen LogP contribution >= 0.6 is 0 Å². The first kappa shape index (κ1) is 20.9. The number of furan rings is 1. The van der Waals surface area contributed by atoms with E-state index in [0.29, 0.717) is 25.3 Å². The zero-order chi connectivity index (χ0) is 22.2.